The lowest BCUT2D eigenvalue weighted by Gasteiger charge is -2.25. The number of unbranched alkanes of at least 4 members (excludes halogenated alkanes) is 65. The number of carbonyl (C=O) groups excluding carboxylic acids is 2. The molecule has 0 radical (unpaired) electrons. The molecule has 2 unspecified atom stereocenters. The number of quaternary nitrogens is 1. The Balaban J connectivity index is 3.90. The quantitative estimate of drug-likeness (QED) is 0.0211. The van der Waals surface area contributed by atoms with Crippen molar-refractivity contribution in [3.63, 3.8) is 0 Å². The number of rotatable bonds is 82. The summed E-state index contributed by atoms with van der Waals surface area (Å²) in [4.78, 5) is 37.8. The molecule has 1 N–H and O–H groups in total. The predicted octanol–water partition coefficient (Wildman–Crippen LogP) is 27.5. The largest absolute Gasteiger partial charge is 0.477 e. The van der Waals surface area contributed by atoms with Crippen LogP contribution >= 0.6 is 0 Å². The van der Waals surface area contributed by atoms with Crippen molar-refractivity contribution in [1.82, 2.24) is 0 Å². The van der Waals surface area contributed by atoms with E-state index in [0.29, 0.717) is 17.4 Å². The maximum absolute atomic E-state index is 13.0. The number of esters is 2. The van der Waals surface area contributed by atoms with Gasteiger partial charge in [0.15, 0.2) is 6.10 Å². The fraction of sp³-hybridized carbons (Fsp3) is 0.942. The van der Waals surface area contributed by atoms with Crippen LogP contribution in [0.5, 0.6) is 0 Å². The molecule has 0 aliphatic rings. The Morgan fingerprint density at radius 2 is 0.537 bits per heavy atom. The Morgan fingerprint density at radius 1 is 0.305 bits per heavy atom. The third-order valence-electron chi connectivity index (χ3n) is 20.0. The number of carbonyl (C=O) groups is 3. The van der Waals surface area contributed by atoms with Gasteiger partial charge in [-0.05, 0) is 38.5 Å². The summed E-state index contributed by atoms with van der Waals surface area (Å²) in [6.45, 7) is 4.98. The van der Waals surface area contributed by atoms with E-state index in [-0.39, 0.29) is 38.2 Å². The second-order valence-electron chi connectivity index (χ2n) is 30.9. The van der Waals surface area contributed by atoms with E-state index in [0.717, 1.165) is 38.5 Å². The van der Waals surface area contributed by atoms with Gasteiger partial charge in [0.2, 0.25) is 0 Å². The molecule has 0 saturated carbocycles. The Bertz CT molecular complexity index is 1560. The number of ether oxygens (including phenoxy) is 4. The molecule has 0 aromatic heterocycles. The molecule has 0 rings (SSSR count). The van der Waals surface area contributed by atoms with Crippen LogP contribution < -0.4 is 0 Å². The molecule has 0 amide bonds. The van der Waals surface area contributed by atoms with Crippen molar-refractivity contribution >= 4 is 17.9 Å². The van der Waals surface area contributed by atoms with Crippen LogP contribution in [0.2, 0.25) is 0 Å². The van der Waals surface area contributed by atoms with Gasteiger partial charge in [0, 0.05) is 12.8 Å². The van der Waals surface area contributed by atoms with E-state index in [1.807, 2.05) is 21.1 Å². The molecular weight excluding hydrogens is 1170 g/mol. The first-order chi connectivity index (χ1) is 46.6. The smallest absolute Gasteiger partial charge is 0.361 e. The Morgan fingerprint density at radius 3 is 0.779 bits per heavy atom. The summed E-state index contributed by atoms with van der Waals surface area (Å²) in [6.07, 6.45) is 95.5. The Hall–Kier alpha value is -1.97. The highest BCUT2D eigenvalue weighted by molar-refractivity contribution is 5.71. The van der Waals surface area contributed by atoms with Gasteiger partial charge in [-0.15, -0.1) is 0 Å². The summed E-state index contributed by atoms with van der Waals surface area (Å²) in [5.41, 5.74) is 0. The molecule has 0 aromatic carbocycles. The van der Waals surface area contributed by atoms with Gasteiger partial charge in [-0.25, -0.2) is 4.79 Å². The maximum Gasteiger partial charge on any atom is 0.361 e. The average Bonchev–Trinajstić information content (AvgIpc) is 2.92. The van der Waals surface area contributed by atoms with E-state index in [4.69, 9.17) is 18.9 Å². The van der Waals surface area contributed by atoms with Crippen LogP contribution in [-0.2, 0) is 33.3 Å². The van der Waals surface area contributed by atoms with E-state index >= 15 is 0 Å². The zero-order chi connectivity index (χ0) is 69.0. The summed E-state index contributed by atoms with van der Waals surface area (Å²) in [5, 5.41) is 9.78. The molecule has 9 heteroatoms. The normalized spacial score (nSPS) is 12.6. The molecule has 2 atom stereocenters. The lowest BCUT2D eigenvalue weighted by atomic mass is 10.0. The van der Waals surface area contributed by atoms with Crippen LogP contribution in [0.3, 0.4) is 0 Å². The topological polar surface area (TPSA) is 108 Å². The van der Waals surface area contributed by atoms with Gasteiger partial charge in [0.25, 0.3) is 6.29 Å². The van der Waals surface area contributed by atoms with E-state index in [1.54, 1.807) is 0 Å². The van der Waals surface area contributed by atoms with Crippen LogP contribution in [0.15, 0.2) is 12.2 Å². The molecule has 0 heterocycles. The highest BCUT2D eigenvalue weighted by Crippen LogP contribution is 2.21. The van der Waals surface area contributed by atoms with Crippen LogP contribution in [0.4, 0.5) is 0 Å². The van der Waals surface area contributed by atoms with Crippen molar-refractivity contribution < 1.29 is 42.9 Å². The van der Waals surface area contributed by atoms with Crippen LogP contribution in [0, 0.1) is 0 Å². The minimum Gasteiger partial charge on any atom is -0.477 e. The molecule has 0 aliphatic carbocycles. The first-order valence-electron chi connectivity index (χ1n) is 42.9. The predicted molar refractivity (Wildman–Crippen MR) is 411 cm³/mol. The zero-order valence-corrected chi connectivity index (χ0v) is 64.9. The van der Waals surface area contributed by atoms with Crippen molar-refractivity contribution in [2.75, 3.05) is 47.5 Å². The second-order valence-corrected chi connectivity index (χ2v) is 30.9. The maximum atomic E-state index is 13.0. The summed E-state index contributed by atoms with van der Waals surface area (Å²) < 4.78 is 23.1. The van der Waals surface area contributed by atoms with Crippen molar-refractivity contribution in [2.24, 2.45) is 0 Å². The van der Waals surface area contributed by atoms with E-state index < -0.39 is 18.4 Å². The van der Waals surface area contributed by atoms with Crippen molar-refractivity contribution in [2.45, 2.75) is 476 Å². The molecule has 95 heavy (non-hydrogen) atoms. The number of nitrogens with zero attached hydrogens (tertiary/aromatic N) is 1. The third-order valence-corrected chi connectivity index (χ3v) is 20.0. The number of hydrogen-bond acceptors (Lipinski definition) is 7. The van der Waals surface area contributed by atoms with E-state index in [1.165, 1.54) is 398 Å². The van der Waals surface area contributed by atoms with Gasteiger partial charge in [0.1, 0.15) is 13.2 Å². The molecule has 9 nitrogen and oxygen atoms in total. The first kappa shape index (κ1) is 93.0. The molecule has 0 spiro atoms. The van der Waals surface area contributed by atoms with Crippen molar-refractivity contribution in [3.8, 4) is 0 Å². The number of allylic oxidation sites excluding steroid dienone is 2. The highest BCUT2D eigenvalue weighted by atomic mass is 16.7. The monoisotopic (exact) mass is 1340 g/mol. The number of carboxylic acids is 1. The van der Waals surface area contributed by atoms with Crippen LogP contribution in [-0.4, -0.2) is 87.4 Å². The minimum absolute atomic E-state index is 0.172. The lowest BCUT2D eigenvalue weighted by Crippen LogP contribution is -2.40. The molecule has 0 saturated heterocycles. The van der Waals surface area contributed by atoms with Crippen molar-refractivity contribution in [1.29, 1.82) is 0 Å². The summed E-state index contributed by atoms with van der Waals surface area (Å²) in [7, 11) is 6.01. The fourth-order valence-electron chi connectivity index (χ4n) is 13.5. The molecule has 0 bridgehead atoms. The van der Waals surface area contributed by atoms with Gasteiger partial charge >= 0.3 is 17.9 Å². The zero-order valence-electron chi connectivity index (χ0n) is 64.9. The molecule has 0 fully saturated rings. The molecule has 0 aliphatic heterocycles. The number of carboxylic acid groups (broad SMARTS) is 1. The van der Waals surface area contributed by atoms with Crippen LogP contribution in [0.25, 0.3) is 0 Å². The summed E-state index contributed by atoms with van der Waals surface area (Å²) >= 11 is 0. The van der Waals surface area contributed by atoms with Crippen molar-refractivity contribution in [3.05, 3.63) is 12.2 Å². The fourth-order valence-corrected chi connectivity index (χ4v) is 13.5. The highest BCUT2D eigenvalue weighted by Gasteiger charge is 2.25. The standard InChI is InChI=1S/C86H167NO8/c1-6-8-10-12-14-16-18-20-22-24-26-28-30-32-34-36-38-39-40-41-42-43-44-45-47-49-51-53-55-57-59-61-63-65-67-69-71-73-75-77-84(89)95-82(81-94-86(85(90)91)92-79-78-87(3,4)5)80-93-83(88)76-74-72-70-68-66-64-62-60-58-56-54-52-50-48-46-37-35-33-31-29-27-25-23-21-19-17-15-13-11-9-7-2/h24,26,82,86H,6-23,25,27-81H2,1-5H3/p+1/b26-24-. The average molecular weight is 1340 g/mol. The van der Waals surface area contributed by atoms with Gasteiger partial charge in [0.05, 0.1) is 34.4 Å². The van der Waals surface area contributed by atoms with Gasteiger partial charge in [-0.2, -0.15) is 0 Å². The molecule has 0 aromatic rings. The third kappa shape index (κ3) is 79.2. The summed E-state index contributed by atoms with van der Waals surface area (Å²) in [5.74, 6) is -1.96. The number of hydrogen-bond donors (Lipinski definition) is 1. The lowest BCUT2D eigenvalue weighted by molar-refractivity contribution is -0.870. The van der Waals surface area contributed by atoms with Gasteiger partial charge in [-0.3, -0.25) is 9.59 Å². The molecular formula is C86H168NO8+. The van der Waals surface area contributed by atoms with E-state index in [9.17, 15) is 19.5 Å². The second kappa shape index (κ2) is 77.8. The van der Waals surface area contributed by atoms with Gasteiger partial charge < -0.3 is 28.5 Å². The van der Waals surface area contributed by atoms with E-state index in [2.05, 4.69) is 26.0 Å². The van der Waals surface area contributed by atoms with Crippen LogP contribution in [0.1, 0.15) is 463 Å². The number of likely N-dealkylation sites (N-methyl/N-ethyl adjacent to an activating group) is 1. The summed E-state index contributed by atoms with van der Waals surface area (Å²) in [6, 6.07) is 0. The minimum atomic E-state index is -1.51. The first-order valence-corrected chi connectivity index (χ1v) is 42.9. The molecule has 564 valence electrons. The SMILES string of the molecule is CCCCCCCCCC/C=C\CCCCCCCCCCCCCCCCCCCCCCCCCCCCCC(=O)OC(COC(=O)CCCCCCCCCCCCCCCCCCCCCCCCCCCCCCCCC)COC(OCC[N+](C)(C)C)C(=O)O. The Kier molecular flexibility index (Phi) is 76.1. The number of aliphatic carboxylic acids is 1. The Labute approximate surface area is 593 Å². The van der Waals surface area contributed by atoms with Gasteiger partial charge in [-0.1, -0.05) is 424 Å².